The molecule has 0 saturated carbocycles. The molecule has 0 fully saturated rings. The number of rotatable bonds is 10. The molecule has 2 amide bonds. The van der Waals surface area contributed by atoms with E-state index in [0.717, 1.165) is 12.1 Å². The molecule has 0 radical (unpaired) electrons. The Morgan fingerprint density at radius 1 is 1.00 bits per heavy atom. The van der Waals surface area contributed by atoms with Crippen LogP contribution in [0.1, 0.15) is 25.6 Å². The largest absolute Gasteiger partial charge is 0.383 e. The standard InChI is InChI=1S/C18H23N3O3S/c1-24-11-10-19-8-9-20-17(22)15-6-4-14(5-7-15)13-21-18(23)16-3-2-12-25-16/h2-7,12,19H,8-11,13H2,1H3,(H,20,22)(H,21,23). The fourth-order valence-electron chi connectivity index (χ4n) is 2.12. The Hall–Kier alpha value is -2.22. The molecule has 7 heteroatoms. The van der Waals surface area contributed by atoms with Crippen LogP contribution in [0.15, 0.2) is 41.8 Å². The van der Waals surface area contributed by atoms with Crippen molar-refractivity contribution < 1.29 is 14.3 Å². The van der Waals surface area contributed by atoms with Crippen molar-refractivity contribution in [1.82, 2.24) is 16.0 Å². The van der Waals surface area contributed by atoms with Crippen LogP contribution in [-0.2, 0) is 11.3 Å². The Balaban J connectivity index is 1.71. The second-order valence-electron chi connectivity index (χ2n) is 5.36. The van der Waals surface area contributed by atoms with Gasteiger partial charge in [-0.15, -0.1) is 11.3 Å². The van der Waals surface area contributed by atoms with Gasteiger partial charge < -0.3 is 20.7 Å². The van der Waals surface area contributed by atoms with Gasteiger partial charge in [0.05, 0.1) is 11.5 Å². The van der Waals surface area contributed by atoms with Gasteiger partial charge in [0, 0.05) is 38.9 Å². The first-order chi connectivity index (χ1) is 12.2. The van der Waals surface area contributed by atoms with E-state index < -0.39 is 0 Å². The predicted molar refractivity (Wildman–Crippen MR) is 99.0 cm³/mol. The van der Waals surface area contributed by atoms with Crippen LogP contribution in [0.2, 0.25) is 0 Å². The number of carbonyl (C=O) groups is 2. The minimum absolute atomic E-state index is 0.0854. The molecule has 1 aromatic carbocycles. The molecule has 134 valence electrons. The van der Waals surface area contributed by atoms with Gasteiger partial charge in [0.25, 0.3) is 11.8 Å². The summed E-state index contributed by atoms with van der Waals surface area (Å²) in [5, 5.41) is 10.7. The third-order valence-corrected chi connectivity index (χ3v) is 4.35. The van der Waals surface area contributed by atoms with Crippen molar-refractivity contribution in [1.29, 1.82) is 0 Å². The first kappa shape index (κ1) is 19.1. The monoisotopic (exact) mass is 361 g/mol. The molecule has 2 rings (SSSR count). The molecule has 1 aromatic heterocycles. The average molecular weight is 361 g/mol. The molecule has 2 aromatic rings. The Morgan fingerprint density at radius 3 is 2.48 bits per heavy atom. The van der Waals surface area contributed by atoms with E-state index >= 15 is 0 Å². The topological polar surface area (TPSA) is 79.5 Å². The first-order valence-electron chi connectivity index (χ1n) is 8.09. The number of amides is 2. The van der Waals surface area contributed by atoms with E-state index in [0.29, 0.717) is 36.7 Å². The van der Waals surface area contributed by atoms with Crippen LogP contribution in [0.5, 0.6) is 0 Å². The minimum atomic E-state index is -0.109. The maximum atomic E-state index is 12.0. The highest BCUT2D eigenvalue weighted by Gasteiger charge is 2.07. The summed E-state index contributed by atoms with van der Waals surface area (Å²) in [7, 11) is 1.65. The summed E-state index contributed by atoms with van der Waals surface area (Å²) in [6, 6.07) is 10.9. The Morgan fingerprint density at radius 2 is 1.80 bits per heavy atom. The molecular formula is C18H23N3O3S. The molecule has 3 N–H and O–H groups in total. The van der Waals surface area contributed by atoms with Crippen LogP contribution >= 0.6 is 11.3 Å². The Kier molecular flexibility index (Phi) is 8.11. The fraction of sp³-hybridized carbons (Fsp3) is 0.333. The molecule has 0 aliphatic carbocycles. The SMILES string of the molecule is COCCNCCNC(=O)c1ccc(CNC(=O)c2cccs2)cc1. The van der Waals surface area contributed by atoms with Gasteiger partial charge in [-0.3, -0.25) is 9.59 Å². The fourth-order valence-corrected chi connectivity index (χ4v) is 2.76. The molecule has 0 spiro atoms. The molecular weight excluding hydrogens is 338 g/mol. The average Bonchev–Trinajstić information content (AvgIpc) is 3.17. The Bertz CT molecular complexity index is 657. The maximum absolute atomic E-state index is 12.0. The molecule has 0 aliphatic rings. The number of carbonyl (C=O) groups excluding carboxylic acids is 2. The lowest BCUT2D eigenvalue weighted by atomic mass is 10.1. The lowest BCUT2D eigenvalue weighted by Gasteiger charge is -2.08. The van der Waals surface area contributed by atoms with Gasteiger partial charge in [0.2, 0.25) is 0 Å². The summed E-state index contributed by atoms with van der Waals surface area (Å²) in [5.74, 6) is -0.194. The van der Waals surface area contributed by atoms with Crippen LogP contribution in [0.3, 0.4) is 0 Å². The normalized spacial score (nSPS) is 10.4. The molecule has 6 nitrogen and oxygen atoms in total. The summed E-state index contributed by atoms with van der Waals surface area (Å²) < 4.78 is 4.93. The van der Waals surface area contributed by atoms with Crippen LogP contribution in [-0.4, -0.2) is 45.2 Å². The zero-order chi connectivity index (χ0) is 17.9. The molecule has 0 unspecified atom stereocenters. The zero-order valence-electron chi connectivity index (χ0n) is 14.2. The van der Waals surface area contributed by atoms with Gasteiger partial charge in [-0.05, 0) is 29.1 Å². The number of hydrogen-bond donors (Lipinski definition) is 3. The quantitative estimate of drug-likeness (QED) is 0.562. The predicted octanol–water partition coefficient (Wildman–Crippen LogP) is 1.64. The van der Waals surface area contributed by atoms with Crippen molar-refractivity contribution in [3.05, 3.63) is 57.8 Å². The van der Waals surface area contributed by atoms with Gasteiger partial charge in [0.1, 0.15) is 0 Å². The molecule has 25 heavy (non-hydrogen) atoms. The summed E-state index contributed by atoms with van der Waals surface area (Å²) >= 11 is 1.41. The van der Waals surface area contributed by atoms with Gasteiger partial charge in [-0.2, -0.15) is 0 Å². The second kappa shape index (κ2) is 10.6. The number of nitrogens with one attached hydrogen (secondary N) is 3. The van der Waals surface area contributed by atoms with Crippen molar-refractivity contribution in [2.24, 2.45) is 0 Å². The van der Waals surface area contributed by atoms with E-state index in [1.54, 1.807) is 25.3 Å². The summed E-state index contributed by atoms with van der Waals surface area (Å²) in [6.45, 7) is 3.10. The minimum Gasteiger partial charge on any atom is -0.383 e. The van der Waals surface area contributed by atoms with Crippen LogP contribution in [0, 0.1) is 0 Å². The molecule has 0 atom stereocenters. The third-order valence-electron chi connectivity index (χ3n) is 3.48. The van der Waals surface area contributed by atoms with Crippen molar-refractivity contribution >= 4 is 23.2 Å². The van der Waals surface area contributed by atoms with Gasteiger partial charge in [-0.1, -0.05) is 18.2 Å². The van der Waals surface area contributed by atoms with Crippen LogP contribution < -0.4 is 16.0 Å². The first-order valence-corrected chi connectivity index (χ1v) is 8.97. The lowest BCUT2D eigenvalue weighted by molar-refractivity contribution is 0.0945. The number of thiophene rings is 1. The summed E-state index contributed by atoms with van der Waals surface area (Å²) in [5.41, 5.74) is 1.55. The third kappa shape index (κ3) is 6.66. The molecule has 1 heterocycles. The van der Waals surface area contributed by atoms with Crippen LogP contribution in [0.25, 0.3) is 0 Å². The van der Waals surface area contributed by atoms with Crippen molar-refractivity contribution in [3.8, 4) is 0 Å². The Labute approximate surface area is 151 Å². The number of ether oxygens (including phenoxy) is 1. The number of benzene rings is 1. The highest BCUT2D eigenvalue weighted by atomic mass is 32.1. The van der Waals surface area contributed by atoms with E-state index in [-0.39, 0.29) is 11.8 Å². The molecule has 0 aliphatic heterocycles. The van der Waals surface area contributed by atoms with Crippen LogP contribution in [0.4, 0.5) is 0 Å². The molecule has 0 bridgehead atoms. The lowest BCUT2D eigenvalue weighted by Crippen LogP contribution is -2.33. The van der Waals surface area contributed by atoms with E-state index in [9.17, 15) is 9.59 Å². The van der Waals surface area contributed by atoms with Gasteiger partial charge >= 0.3 is 0 Å². The van der Waals surface area contributed by atoms with Crippen molar-refractivity contribution in [2.45, 2.75) is 6.54 Å². The summed E-state index contributed by atoms with van der Waals surface area (Å²) in [6.07, 6.45) is 0. The van der Waals surface area contributed by atoms with E-state index in [2.05, 4.69) is 16.0 Å². The highest BCUT2D eigenvalue weighted by Crippen LogP contribution is 2.09. The summed E-state index contributed by atoms with van der Waals surface area (Å²) in [4.78, 5) is 24.6. The number of hydrogen-bond acceptors (Lipinski definition) is 5. The maximum Gasteiger partial charge on any atom is 0.261 e. The molecule has 0 saturated heterocycles. The zero-order valence-corrected chi connectivity index (χ0v) is 15.0. The van der Waals surface area contributed by atoms with E-state index in [1.807, 2.05) is 23.6 Å². The van der Waals surface area contributed by atoms with E-state index in [1.165, 1.54) is 11.3 Å². The van der Waals surface area contributed by atoms with Crippen molar-refractivity contribution in [2.75, 3.05) is 33.4 Å². The smallest absolute Gasteiger partial charge is 0.261 e. The van der Waals surface area contributed by atoms with Crippen molar-refractivity contribution in [3.63, 3.8) is 0 Å². The van der Waals surface area contributed by atoms with E-state index in [4.69, 9.17) is 4.74 Å². The van der Waals surface area contributed by atoms with Gasteiger partial charge in [-0.25, -0.2) is 0 Å². The van der Waals surface area contributed by atoms with Gasteiger partial charge in [0.15, 0.2) is 0 Å². The number of methoxy groups -OCH3 is 1. The highest BCUT2D eigenvalue weighted by molar-refractivity contribution is 7.12. The second-order valence-corrected chi connectivity index (χ2v) is 6.30.